The first kappa shape index (κ1) is 21.9. The van der Waals surface area contributed by atoms with Crippen LogP contribution in [0.3, 0.4) is 0 Å². The van der Waals surface area contributed by atoms with Crippen molar-refractivity contribution in [3.05, 3.63) is 100.0 Å². The molecule has 3 aromatic rings. The molecular weight excluding hydrogens is 416 g/mol. The lowest BCUT2D eigenvalue weighted by Crippen LogP contribution is -2.43. The number of para-hydroxylation sites is 1. The van der Waals surface area contributed by atoms with E-state index in [1.807, 2.05) is 61.5 Å². The molecule has 1 aliphatic rings. The molecule has 162 valence electrons. The Morgan fingerprint density at radius 1 is 0.969 bits per heavy atom. The second-order valence-corrected chi connectivity index (χ2v) is 9.00. The van der Waals surface area contributed by atoms with E-state index in [-0.39, 0.29) is 18.4 Å². The van der Waals surface area contributed by atoms with Crippen molar-refractivity contribution in [2.24, 2.45) is 0 Å². The quantitative estimate of drug-likeness (QED) is 0.538. The monoisotopic (exact) mass is 442 g/mol. The van der Waals surface area contributed by atoms with Gasteiger partial charge in [0.15, 0.2) is 0 Å². The van der Waals surface area contributed by atoms with Crippen molar-refractivity contribution in [1.82, 2.24) is 5.32 Å². The topological polar surface area (TPSA) is 49.4 Å². The Hall–Kier alpha value is -3.31. The highest BCUT2D eigenvalue weighted by Gasteiger charge is 2.30. The van der Waals surface area contributed by atoms with Crippen molar-refractivity contribution in [2.75, 3.05) is 18.0 Å². The van der Waals surface area contributed by atoms with Crippen LogP contribution >= 0.6 is 11.8 Å². The normalized spacial score (nSPS) is 14.4. The van der Waals surface area contributed by atoms with Crippen LogP contribution in [0.15, 0.2) is 82.6 Å². The standard InChI is InChI=1S/C27H26N2O2S/c1-19-11-13-21(14-12-19)15-16-28-26(30)18-29-23-9-5-6-10-24(23)32-25(27(29)31)17-22-8-4-3-7-20(22)2/h3-14,17H,15-16,18H2,1-2H3,(H,28,30)/b25-17-. The van der Waals surface area contributed by atoms with Gasteiger partial charge in [0.25, 0.3) is 5.91 Å². The van der Waals surface area contributed by atoms with Crippen LogP contribution in [-0.2, 0) is 16.0 Å². The highest BCUT2D eigenvalue weighted by atomic mass is 32.2. The first-order valence-electron chi connectivity index (χ1n) is 10.7. The summed E-state index contributed by atoms with van der Waals surface area (Å²) in [7, 11) is 0. The lowest BCUT2D eigenvalue weighted by molar-refractivity contribution is -0.122. The number of amides is 2. The second-order valence-electron chi connectivity index (χ2n) is 7.91. The molecule has 1 N–H and O–H groups in total. The van der Waals surface area contributed by atoms with Crippen LogP contribution < -0.4 is 10.2 Å². The fraction of sp³-hybridized carbons (Fsp3) is 0.185. The van der Waals surface area contributed by atoms with Crippen LogP contribution in [0.4, 0.5) is 5.69 Å². The summed E-state index contributed by atoms with van der Waals surface area (Å²) in [4.78, 5) is 29.2. The summed E-state index contributed by atoms with van der Waals surface area (Å²) in [6, 6.07) is 24.0. The molecule has 0 fully saturated rings. The van der Waals surface area contributed by atoms with Crippen LogP contribution in [0.5, 0.6) is 0 Å². The molecule has 4 rings (SSSR count). The number of hydrogen-bond acceptors (Lipinski definition) is 3. The molecule has 0 bridgehead atoms. The zero-order valence-electron chi connectivity index (χ0n) is 18.3. The average Bonchev–Trinajstić information content (AvgIpc) is 2.79. The summed E-state index contributed by atoms with van der Waals surface area (Å²) < 4.78 is 0. The number of fused-ring (bicyclic) bond motifs is 1. The van der Waals surface area contributed by atoms with Gasteiger partial charge in [-0.1, -0.05) is 78.0 Å². The van der Waals surface area contributed by atoms with E-state index in [4.69, 9.17) is 0 Å². The molecule has 0 saturated heterocycles. The number of benzene rings is 3. The first-order valence-corrected chi connectivity index (χ1v) is 11.5. The van der Waals surface area contributed by atoms with Gasteiger partial charge in [0.1, 0.15) is 6.54 Å². The fourth-order valence-corrected chi connectivity index (χ4v) is 4.66. The zero-order valence-corrected chi connectivity index (χ0v) is 19.1. The maximum atomic E-state index is 13.3. The van der Waals surface area contributed by atoms with E-state index in [2.05, 4.69) is 36.5 Å². The fourth-order valence-electron chi connectivity index (χ4n) is 3.61. The minimum atomic E-state index is -0.164. The predicted octanol–water partition coefficient (Wildman–Crippen LogP) is 5.14. The molecule has 4 nitrogen and oxygen atoms in total. The number of carbonyl (C=O) groups is 2. The Morgan fingerprint density at radius 3 is 2.47 bits per heavy atom. The number of carbonyl (C=O) groups excluding carboxylic acids is 2. The maximum absolute atomic E-state index is 13.3. The van der Waals surface area contributed by atoms with Gasteiger partial charge in [0.2, 0.25) is 5.91 Å². The largest absolute Gasteiger partial charge is 0.354 e. The van der Waals surface area contributed by atoms with Crippen LogP contribution in [0.1, 0.15) is 22.3 Å². The molecule has 2 amide bonds. The van der Waals surface area contributed by atoms with Gasteiger partial charge in [-0.15, -0.1) is 0 Å². The molecule has 0 aliphatic carbocycles. The Balaban J connectivity index is 1.48. The van der Waals surface area contributed by atoms with Crippen LogP contribution in [0.2, 0.25) is 0 Å². The summed E-state index contributed by atoms with van der Waals surface area (Å²) in [6.45, 7) is 4.61. The molecule has 1 heterocycles. The SMILES string of the molecule is Cc1ccc(CCNC(=O)CN2C(=O)/C(=C/c3ccccc3C)Sc3ccccc32)cc1. The summed E-state index contributed by atoms with van der Waals surface area (Å²) in [5.74, 6) is -0.312. The number of rotatable bonds is 6. The van der Waals surface area contributed by atoms with Crippen molar-refractivity contribution < 1.29 is 9.59 Å². The van der Waals surface area contributed by atoms with E-state index in [0.29, 0.717) is 11.4 Å². The lowest BCUT2D eigenvalue weighted by atomic mass is 10.1. The second kappa shape index (κ2) is 9.88. The van der Waals surface area contributed by atoms with E-state index in [1.54, 1.807) is 4.90 Å². The van der Waals surface area contributed by atoms with Gasteiger partial charge in [-0.25, -0.2) is 0 Å². The third kappa shape index (κ3) is 5.11. The first-order chi connectivity index (χ1) is 15.5. The number of anilines is 1. The summed E-state index contributed by atoms with van der Waals surface area (Å²) in [6.07, 6.45) is 2.67. The highest BCUT2D eigenvalue weighted by Crippen LogP contribution is 2.42. The summed E-state index contributed by atoms with van der Waals surface area (Å²) >= 11 is 1.45. The Morgan fingerprint density at radius 2 is 1.69 bits per heavy atom. The molecule has 0 atom stereocenters. The van der Waals surface area contributed by atoms with Gasteiger partial charge in [-0.3, -0.25) is 14.5 Å². The lowest BCUT2D eigenvalue weighted by Gasteiger charge is -2.30. The Bertz CT molecular complexity index is 1170. The predicted molar refractivity (Wildman–Crippen MR) is 132 cm³/mol. The van der Waals surface area contributed by atoms with Crippen molar-refractivity contribution in [1.29, 1.82) is 0 Å². The van der Waals surface area contributed by atoms with Gasteiger partial charge in [-0.2, -0.15) is 0 Å². The molecule has 0 spiro atoms. The number of nitrogens with one attached hydrogen (secondary N) is 1. The smallest absolute Gasteiger partial charge is 0.265 e. The minimum absolute atomic E-state index is 0.00455. The number of thioether (sulfide) groups is 1. The zero-order chi connectivity index (χ0) is 22.5. The van der Waals surface area contributed by atoms with Crippen LogP contribution in [0, 0.1) is 13.8 Å². The van der Waals surface area contributed by atoms with Crippen LogP contribution in [-0.4, -0.2) is 24.9 Å². The third-order valence-corrected chi connectivity index (χ3v) is 6.54. The van der Waals surface area contributed by atoms with E-state index < -0.39 is 0 Å². The van der Waals surface area contributed by atoms with Gasteiger partial charge in [0, 0.05) is 11.4 Å². The van der Waals surface area contributed by atoms with Crippen LogP contribution in [0.25, 0.3) is 6.08 Å². The Kier molecular flexibility index (Phi) is 6.76. The minimum Gasteiger partial charge on any atom is -0.354 e. The summed E-state index contributed by atoms with van der Waals surface area (Å²) in [5, 5.41) is 2.96. The molecule has 3 aromatic carbocycles. The Labute approximate surface area is 193 Å². The number of nitrogens with zero attached hydrogens (tertiary/aromatic N) is 1. The van der Waals surface area contributed by atoms with E-state index in [1.165, 1.54) is 22.9 Å². The molecule has 5 heteroatoms. The maximum Gasteiger partial charge on any atom is 0.265 e. The van der Waals surface area contributed by atoms with Gasteiger partial charge in [0.05, 0.1) is 10.6 Å². The molecule has 0 unspecified atom stereocenters. The third-order valence-electron chi connectivity index (χ3n) is 5.47. The average molecular weight is 443 g/mol. The van der Waals surface area contributed by atoms with Crippen molar-refractivity contribution >= 4 is 35.3 Å². The van der Waals surface area contributed by atoms with Gasteiger partial charge in [-0.05, 0) is 55.2 Å². The van der Waals surface area contributed by atoms with E-state index >= 15 is 0 Å². The molecule has 0 saturated carbocycles. The number of hydrogen-bond donors (Lipinski definition) is 1. The highest BCUT2D eigenvalue weighted by molar-refractivity contribution is 8.04. The summed E-state index contributed by atoms with van der Waals surface area (Å²) in [5.41, 5.74) is 5.28. The number of aryl methyl sites for hydroxylation is 2. The molecule has 0 radical (unpaired) electrons. The molecule has 32 heavy (non-hydrogen) atoms. The van der Waals surface area contributed by atoms with E-state index in [9.17, 15) is 9.59 Å². The molecule has 1 aliphatic heterocycles. The molecular formula is C27H26N2O2S. The van der Waals surface area contributed by atoms with Crippen molar-refractivity contribution in [2.45, 2.75) is 25.2 Å². The van der Waals surface area contributed by atoms with Crippen molar-refractivity contribution in [3.63, 3.8) is 0 Å². The van der Waals surface area contributed by atoms with Crippen molar-refractivity contribution in [3.8, 4) is 0 Å². The van der Waals surface area contributed by atoms with Gasteiger partial charge >= 0.3 is 0 Å². The van der Waals surface area contributed by atoms with E-state index in [0.717, 1.165) is 28.1 Å². The molecule has 0 aromatic heterocycles. The van der Waals surface area contributed by atoms with Gasteiger partial charge < -0.3 is 5.32 Å².